The third kappa shape index (κ3) is 11.3. The van der Waals surface area contributed by atoms with E-state index in [1.165, 1.54) is 31.1 Å². The fourth-order valence-electron chi connectivity index (χ4n) is 3.59. The van der Waals surface area contributed by atoms with Crippen molar-refractivity contribution in [2.45, 2.75) is 39.0 Å². The molecule has 6 heteroatoms. The average Bonchev–Trinajstić information content (AvgIpc) is 2.99. The Morgan fingerprint density at radius 3 is 1.90 bits per heavy atom. The molecule has 0 amide bonds. The maximum absolute atomic E-state index is 11.2. The number of para-hydroxylation sites is 2. The van der Waals surface area contributed by atoms with Gasteiger partial charge in [-0.1, -0.05) is 74.0 Å². The van der Waals surface area contributed by atoms with Crippen molar-refractivity contribution < 1.29 is 19.4 Å². The standard InChI is InChI=1S/C17H17NO3.C17H19NO/c18-15-10-7-13(8-11-15)6-9-14(17(19)20)12-21-16-4-2-1-3-5-16;1-2-3-7-15-10-12-16(13-11-15)18-14-19-17-8-5-4-6-9-17/h1-5,7-8,10-12H,6,9,18H2,(H,19,20);4-6,8-14H,2-3,7H2,1H3. The fourth-order valence-corrected chi connectivity index (χ4v) is 3.59. The van der Waals surface area contributed by atoms with Gasteiger partial charge in [0.1, 0.15) is 17.8 Å². The molecule has 0 radical (unpaired) electrons. The van der Waals surface area contributed by atoms with Gasteiger partial charge < -0.3 is 20.3 Å². The minimum absolute atomic E-state index is 0.232. The Labute approximate surface area is 236 Å². The van der Waals surface area contributed by atoms with Crippen LogP contribution in [0.3, 0.4) is 0 Å². The molecule has 0 aliphatic heterocycles. The van der Waals surface area contributed by atoms with E-state index in [0.29, 0.717) is 24.3 Å². The molecule has 40 heavy (non-hydrogen) atoms. The monoisotopic (exact) mass is 536 g/mol. The first-order chi connectivity index (χ1) is 19.5. The van der Waals surface area contributed by atoms with E-state index in [1.807, 2.05) is 72.8 Å². The molecule has 6 nitrogen and oxygen atoms in total. The number of nitrogens with two attached hydrogens (primary N) is 1. The number of rotatable bonds is 12. The van der Waals surface area contributed by atoms with Gasteiger partial charge in [-0.15, -0.1) is 0 Å². The van der Waals surface area contributed by atoms with E-state index in [9.17, 15) is 9.90 Å². The summed E-state index contributed by atoms with van der Waals surface area (Å²) in [6.07, 6.45) is 7.40. The zero-order chi connectivity index (χ0) is 28.4. The predicted octanol–water partition coefficient (Wildman–Crippen LogP) is 8.02. The Morgan fingerprint density at radius 2 is 1.32 bits per heavy atom. The first kappa shape index (κ1) is 29.7. The molecule has 0 bridgehead atoms. The van der Waals surface area contributed by atoms with Gasteiger partial charge in [0.05, 0.1) is 11.3 Å². The van der Waals surface area contributed by atoms with Crippen molar-refractivity contribution in [1.29, 1.82) is 0 Å². The minimum atomic E-state index is -0.971. The van der Waals surface area contributed by atoms with Crippen LogP contribution < -0.4 is 15.2 Å². The zero-order valence-corrected chi connectivity index (χ0v) is 22.8. The molecule has 0 fully saturated rings. The summed E-state index contributed by atoms with van der Waals surface area (Å²) < 4.78 is 10.8. The number of aryl methyl sites for hydroxylation is 2. The Kier molecular flexibility index (Phi) is 12.5. The van der Waals surface area contributed by atoms with Gasteiger partial charge in [-0.3, -0.25) is 0 Å². The van der Waals surface area contributed by atoms with Gasteiger partial charge in [-0.05, 0) is 85.3 Å². The van der Waals surface area contributed by atoms with Gasteiger partial charge in [0, 0.05) is 5.69 Å². The number of nitrogen functional groups attached to an aromatic ring is 1. The summed E-state index contributed by atoms with van der Waals surface area (Å²) in [5, 5.41) is 9.21. The van der Waals surface area contributed by atoms with Crippen molar-refractivity contribution in [3.8, 4) is 11.5 Å². The van der Waals surface area contributed by atoms with Crippen LogP contribution in [-0.4, -0.2) is 17.5 Å². The molecule has 206 valence electrons. The van der Waals surface area contributed by atoms with Crippen LogP contribution in [0.4, 0.5) is 11.4 Å². The van der Waals surface area contributed by atoms with E-state index >= 15 is 0 Å². The third-order valence-electron chi connectivity index (χ3n) is 5.91. The van der Waals surface area contributed by atoms with Crippen LogP contribution in [0.5, 0.6) is 11.5 Å². The van der Waals surface area contributed by atoms with Gasteiger partial charge >= 0.3 is 5.97 Å². The molecule has 0 aliphatic rings. The van der Waals surface area contributed by atoms with Crippen LogP contribution in [0.15, 0.2) is 126 Å². The highest BCUT2D eigenvalue weighted by Gasteiger charge is 2.08. The van der Waals surface area contributed by atoms with Crippen molar-refractivity contribution >= 4 is 23.7 Å². The maximum Gasteiger partial charge on any atom is 0.334 e. The lowest BCUT2D eigenvalue weighted by Crippen LogP contribution is -2.04. The molecule has 0 aliphatic carbocycles. The number of anilines is 1. The number of hydrogen-bond acceptors (Lipinski definition) is 5. The summed E-state index contributed by atoms with van der Waals surface area (Å²) >= 11 is 0. The van der Waals surface area contributed by atoms with Crippen LogP contribution in [0.1, 0.15) is 37.3 Å². The second-order valence-electron chi connectivity index (χ2n) is 9.06. The molecule has 0 saturated heterocycles. The molecule has 0 spiro atoms. The number of hydrogen-bond donors (Lipinski definition) is 2. The van der Waals surface area contributed by atoms with E-state index in [0.717, 1.165) is 23.4 Å². The van der Waals surface area contributed by atoms with Crippen LogP contribution in [0, 0.1) is 0 Å². The van der Waals surface area contributed by atoms with Gasteiger partial charge in [0.15, 0.2) is 6.40 Å². The Morgan fingerprint density at radius 1 is 0.775 bits per heavy atom. The average molecular weight is 537 g/mol. The largest absolute Gasteiger partial charge is 0.478 e. The summed E-state index contributed by atoms with van der Waals surface area (Å²) in [5.41, 5.74) is 9.86. The number of carboxylic acid groups (broad SMARTS) is 1. The van der Waals surface area contributed by atoms with E-state index in [1.54, 1.807) is 24.3 Å². The lowest BCUT2D eigenvalue weighted by Gasteiger charge is -2.05. The lowest BCUT2D eigenvalue weighted by atomic mass is 10.1. The zero-order valence-electron chi connectivity index (χ0n) is 22.8. The highest BCUT2D eigenvalue weighted by molar-refractivity contribution is 5.86. The molecule has 0 heterocycles. The first-order valence-electron chi connectivity index (χ1n) is 13.3. The van der Waals surface area contributed by atoms with Crippen molar-refractivity contribution in [2.75, 3.05) is 5.73 Å². The van der Waals surface area contributed by atoms with E-state index in [2.05, 4.69) is 24.0 Å². The minimum Gasteiger partial charge on any atom is -0.478 e. The van der Waals surface area contributed by atoms with Gasteiger partial charge in [-0.25, -0.2) is 9.79 Å². The Bertz CT molecular complexity index is 1330. The van der Waals surface area contributed by atoms with Crippen LogP contribution in [0.25, 0.3) is 0 Å². The molecule has 0 aromatic heterocycles. The van der Waals surface area contributed by atoms with E-state index in [4.69, 9.17) is 15.2 Å². The van der Waals surface area contributed by atoms with Gasteiger partial charge in [0.25, 0.3) is 0 Å². The molecule has 4 aromatic rings. The number of aliphatic carboxylic acids is 1. The lowest BCUT2D eigenvalue weighted by molar-refractivity contribution is -0.132. The predicted molar refractivity (Wildman–Crippen MR) is 162 cm³/mol. The van der Waals surface area contributed by atoms with Crippen molar-refractivity contribution in [1.82, 2.24) is 0 Å². The smallest absolute Gasteiger partial charge is 0.334 e. The van der Waals surface area contributed by atoms with Crippen molar-refractivity contribution in [3.63, 3.8) is 0 Å². The maximum atomic E-state index is 11.2. The molecule has 4 rings (SSSR count). The summed E-state index contributed by atoms with van der Waals surface area (Å²) in [6.45, 7) is 2.21. The molecule has 0 unspecified atom stereocenters. The molecule has 3 N–H and O–H groups in total. The molecular weight excluding hydrogens is 500 g/mol. The van der Waals surface area contributed by atoms with Gasteiger partial charge in [0.2, 0.25) is 0 Å². The normalized spacial score (nSPS) is 11.0. The van der Waals surface area contributed by atoms with Crippen LogP contribution in [-0.2, 0) is 17.6 Å². The second kappa shape index (κ2) is 16.9. The second-order valence-corrected chi connectivity index (χ2v) is 9.06. The van der Waals surface area contributed by atoms with Crippen molar-refractivity contribution in [2.24, 2.45) is 4.99 Å². The highest BCUT2D eigenvalue weighted by Crippen LogP contribution is 2.16. The van der Waals surface area contributed by atoms with E-state index < -0.39 is 5.97 Å². The summed E-state index contributed by atoms with van der Waals surface area (Å²) in [6, 6.07) is 34.4. The Hall–Kier alpha value is -4.84. The number of nitrogens with zero attached hydrogens (tertiary/aromatic N) is 1. The number of carbonyl (C=O) groups is 1. The SMILES string of the molecule is CCCCc1ccc(N=COc2ccccc2)cc1.Nc1ccc(CCC(=COc2ccccc2)C(=O)O)cc1. The fraction of sp³-hybridized carbons (Fsp3) is 0.176. The Balaban J connectivity index is 0.000000222. The van der Waals surface area contributed by atoms with Crippen LogP contribution >= 0.6 is 0 Å². The number of carboxylic acids is 1. The van der Waals surface area contributed by atoms with Crippen molar-refractivity contribution in [3.05, 3.63) is 132 Å². The molecule has 0 atom stereocenters. The first-order valence-corrected chi connectivity index (χ1v) is 13.3. The number of unbranched alkanes of at least 4 members (excludes halogenated alkanes) is 1. The summed E-state index contributed by atoms with van der Waals surface area (Å²) in [5.74, 6) is 0.441. The highest BCUT2D eigenvalue weighted by atomic mass is 16.5. The third-order valence-corrected chi connectivity index (χ3v) is 5.91. The molecule has 0 saturated carbocycles. The topological polar surface area (TPSA) is 94.1 Å². The summed E-state index contributed by atoms with van der Waals surface area (Å²) in [4.78, 5) is 15.5. The van der Waals surface area contributed by atoms with E-state index in [-0.39, 0.29) is 5.57 Å². The molecule has 4 aromatic carbocycles. The van der Waals surface area contributed by atoms with Crippen LogP contribution in [0.2, 0.25) is 0 Å². The summed E-state index contributed by atoms with van der Waals surface area (Å²) in [7, 11) is 0. The number of aliphatic imine (C=N–C) groups is 1. The number of ether oxygens (including phenoxy) is 2. The number of benzene rings is 4. The van der Waals surface area contributed by atoms with Gasteiger partial charge in [-0.2, -0.15) is 0 Å². The quantitative estimate of drug-likeness (QED) is 0.0629. The molecular formula is C34H36N2O4.